The summed E-state index contributed by atoms with van der Waals surface area (Å²) < 4.78 is 59.7. The maximum absolute atomic E-state index is 13.6. The highest BCUT2D eigenvalue weighted by molar-refractivity contribution is 7.92. The lowest BCUT2D eigenvalue weighted by atomic mass is 9.99. The van der Waals surface area contributed by atoms with E-state index in [9.17, 15) is 16.8 Å². The van der Waals surface area contributed by atoms with Gasteiger partial charge in [0.25, 0.3) is 10.0 Å². The molecule has 0 fully saturated rings. The minimum absolute atomic E-state index is 0.0397. The van der Waals surface area contributed by atoms with E-state index in [2.05, 4.69) is 9.82 Å². The summed E-state index contributed by atoms with van der Waals surface area (Å²) in [6.45, 7) is 1.55. The van der Waals surface area contributed by atoms with Crippen LogP contribution in [0.3, 0.4) is 0 Å². The molecule has 3 aromatic rings. The first-order chi connectivity index (χ1) is 16.6. The predicted octanol–water partition coefficient (Wildman–Crippen LogP) is 4.65. The van der Waals surface area contributed by atoms with E-state index in [1.807, 2.05) is 12.1 Å². The Morgan fingerprint density at radius 2 is 1.71 bits per heavy atom. The third-order valence-electron chi connectivity index (χ3n) is 5.58. The lowest BCUT2D eigenvalue weighted by molar-refractivity contribution is 0.370. The Morgan fingerprint density at radius 1 is 1.03 bits per heavy atom. The molecule has 11 heteroatoms. The van der Waals surface area contributed by atoms with Gasteiger partial charge < -0.3 is 4.74 Å². The summed E-state index contributed by atoms with van der Waals surface area (Å²) >= 11 is 6.06. The van der Waals surface area contributed by atoms with Crippen LogP contribution in [0.4, 0.5) is 5.69 Å². The molecule has 8 nitrogen and oxygen atoms in total. The summed E-state index contributed by atoms with van der Waals surface area (Å²) in [5, 5.41) is 4.81. The predicted molar refractivity (Wildman–Crippen MR) is 137 cm³/mol. The van der Waals surface area contributed by atoms with Gasteiger partial charge in [0, 0.05) is 17.1 Å². The molecule has 1 aliphatic rings. The highest BCUT2D eigenvalue weighted by atomic mass is 35.5. The van der Waals surface area contributed by atoms with Crippen LogP contribution in [0.5, 0.6) is 5.75 Å². The standard InChI is InChI=1S/C24H24ClN3O5S2/c1-3-34(29,30)27-20-11-7-17(8-12-20)23-16-24(18-9-13-21(33-2)14-10-18)28(26-23)35(31,32)22-6-4-5-19(25)15-22/h4-15,24,27H,3,16H2,1-2H3/t24-/m1/s1. The molecule has 0 aliphatic carbocycles. The van der Waals surface area contributed by atoms with Gasteiger partial charge in [-0.15, -0.1) is 0 Å². The number of halogens is 1. The Morgan fingerprint density at radius 3 is 2.31 bits per heavy atom. The summed E-state index contributed by atoms with van der Waals surface area (Å²) in [7, 11) is -5.86. The number of nitrogens with zero attached hydrogens (tertiary/aromatic N) is 2. The van der Waals surface area contributed by atoms with Crippen LogP contribution in [0, 0.1) is 0 Å². The zero-order chi connectivity index (χ0) is 25.2. The molecule has 1 N–H and O–H groups in total. The van der Waals surface area contributed by atoms with E-state index in [-0.39, 0.29) is 10.6 Å². The maximum atomic E-state index is 13.6. The summed E-state index contributed by atoms with van der Waals surface area (Å²) in [6.07, 6.45) is 0.326. The van der Waals surface area contributed by atoms with Crippen molar-refractivity contribution in [2.24, 2.45) is 5.10 Å². The molecule has 3 aromatic carbocycles. The molecule has 4 rings (SSSR count). The molecule has 0 saturated carbocycles. The van der Waals surface area contributed by atoms with Crippen molar-refractivity contribution in [2.45, 2.75) is 24.3 Å². The second-order valence-corrected chi connectivity index (χ2v) is 12.1. The number of hydrogen-bond donors (Lipinski definition) is 1. The van der Waals surface area contributed by atoms with E-state index in [1.165, 1.54) is 12.1 Å². The van der Waals surface area contributed by atoms with Crippen molar-refractivity contribution >= 4 is 43.0 Å². The molecule has 1 atom stereocenters. The number of anilines is 1. The van der Waals surface area contributed by atoms with Gasteiger partial charge in [-0.2, -0.15) is 17.9 Å². The Kier molecular flexibility index (Phi) is 7.07. The van der Waals surface area contributed by atoms with Crippen molar-refractivity contribution in [2.75, 3.05) is 17.6 Å². The number of hydrogen-bond acceptors (Lipinski definition) is 6. The number of ether oxygens (including phenoxy) is 1. The quantitative estimate of drug-likeness (QED) is 0.453. The topological polar surface area (TPSA) is 105 Å². The summed E-state index contributed by atoms with van der Waals surface area (Å²) in [6, 6.07) is 19.3. The van der Waals surface area contributed by atoms with Crippen LogP contribution in [0.15, 0.2) is 82.8 Å². The van der Waals surface area contributed by atoms with Crippen molar-refractivity contribution in [3.63, 3.8) is 0 Å². The van der Waals surface area contributed by atoms with Gasteiger partial charge in [-0.1, -0.05) is 41.9 Å². The second kappa shape index (κ2) is 9.88. The third kappa shape index (κ3) is 5.44. The summed E-state index contributed by atoms with van der Waals surface area (Å²) in [5.74, 6) is 0.615. The van der Waals surface area contributed by atoms with Crippen LogP contribution in [0.25, 0.3) is 0 Å². The van der Waals surface area contributed by atoms with Gasteiger partial charge in [-0.25, -0.2) is 8.42 Å². The van der Waals surface area contributed by atoms with Gasteiger partial charge in [0.1, 0.15) is 5.75 Å². The fourth-order valence-corrected chi connectivity index (χ4v) is 6.05. The molecular formula is C24H24ClN3O5S2. The van der Waals surface area contributed by atoms with Crippen molar-refractivity contribution < 1.29 is 21.6 Å². The van der Waals surface area contributed by atoms with E-state index in [0.717, 1.165) is 9.98 Å². The molecule has 35 heavy (non-hydrogen) atoms. The van der Waals surface area contributed by atoms with E-state index in [1.54, 1.807) is 62.6 Å². The van der Waals surface area contributed by atoms with E-state index >= 15 is 0 Å². The fraction of sp³-hybridized carbons (Fsp3) is 0.208. The molecule has 1 heterocycles. The lowest BCUT2D eigenvalue weighted by Crippen LogP contribution is -2.27. The van der Waals surface area contributed by atoms with Gasteiger partial charge in [0.05, 0.1) is 29.5 Å². The molecule has 0 amide bonds. The Hall–Kier alpha value is -3.08. The van der Waals surface area contributed by atoms with Crippen molar-refractivity contribution in [1.29, 1.82) is 0 Å². The molecule has 0 aromatic heterocycles. The van der Waals surface area contributed by atoms with E-state index < -0.39 is 26.1 Å². The first kappa shape index (κ1) is 25.0. The smallest absolute Gasteiger partial charge is 0.279 e. The van der Waals surface area contributed by atoms with Crippen molar-refractivity contribution in [3.05, 3.63) is 88.9 Å². The second-order valence-electron chi connectivity index (χ2n) is 7.86. The monoisotopic (exact) mass is 533 g/mol. The molecule has 0 spiro atoms. The minimum Gasteiger partial charge on any atom is -0.497 e. The first-order valence-electron chi connectivity index (χ1n) is 10.8. The van der Waals surface area contributed by atoms with Crippen LogP contribution in [-0.4, -0.2) is 39.8 Å². The molecule has 0 radical (unpaired) electrons. The first-order valence-corrected chi connectivity index (χ1v) is 14.2. The highest BCUT2D eigenvalue weighted by Gasteiger charge is 2.37. The zero-order valence-electron chi connectivity index (χ0n) is 19.0. The average Bonchev–Trinajstić information content (AvgIpc) is 3.31. The highest BCUT2D eigenvalue weighted by Crippen LogP contribution is 2.38. The molecule has 0 saturated heterocycles. The fourth-order valence-electron chi connectivity index (χ4n) is 3.68. The summed E-state index contributed by atoms with van der Waals surface area (Å²) in [4.78, 5) is 0.0397. The van der Waals surface area contributed by atoms with Gasteiger partial charge >= 0.3 is 0 Å². The maximum Gasteiger partial charge on any atom is 0.279 e. The lowest BCUT2D eigenvalue weighted by Gasteiger charge is -2.23. The van der Waals surface area contributed by atoms with Gasteiger partial charge in [0.15, 0.2) is 0 Å². The Labute approximate surface area is 210 Å². The number of sulfonamides is 2. The van der Waals surface area contributed by atoms with Crippen LogP contribution in [0.1, 0.15) is 30.5 Å². The molecule has 0 unspecified atom stereocenters. The van der Waals surface area contributed by atoms with Gasteiger partial charge in [0.2, 0.25) is 10.0 Å². The molecule has 0 bridgehead atoms. The third-order valence-corrected chi connectivity index (χ3v) is 8.81. The largest absolute Gasteiger partial charge is 0.497 e. The molecule has 184 valence electrons. The Bertz CT molecular complexity index is 1460. The summed E-state index contributed by atoms with van der Waals surface area (Å²) in [5.41, 5.74) is 2.42. The Balaban J connectivity index is 1.72. The van der Waals surface area contributed by atoms with Crippen molar-refractivity contribution in [1.82, 2.24) is 4.41 Å². The van der Waals surface area contributed by atoms with Crippen LogP contribution in [0.2, 0.25) is 5.02 Å². The number of nitrogens with one attached hydrogen (secondary N) is 1. The van der Waals surface area contributed by atoms with Gasteiger partial charge in [-0.3, -0.25) is 4.72 Å². The molecular weight excluding hydrogens is 510 g/mol. The SMILES string of the molecule is CCS(=O)(=O)Nc1ccc(C2=NN(S(=O)(=O)c3cccc(Cl)c3)[C@@H](c3ccc(OC)cc3)C2)cc1. The minimum atomic E-state index is -4.01. The van der Waals surface area contributed by atoms with Gasteiger partial charge in [-0.05, 0) is 60.5 Å². The normalized spacial score (nSPS) is 16.1. The zero-order valence-corrected chi connectivity index (χ0v) is 21.4. The number of hydrazone groups is 1. The number of benzene rings is 3. The van der Waals surface area contributed by atoms with Crippen LogP contribution < -0.4 is 9.46 Å². The molecule has 1 aliphatic heterocycles. The number of rotatable bonds is 8. The van der Waals surface area contributed by atoms with Crippen molar-refractivity contribution in [3.8, 4) is 5.75 Å². The van der Waals surface area contributed by atoms with E-state index in [4.69, 9.17) is 16.3 Å². The number of methoxy groups -OCH3 is 1. The van der Waals surface area contributed by atoms with Crippen LogP contribution in [-0.2, 0) is 20.0 Å². The average molecular weight is 534 g/mol. The van der Waals surface area contributed by atoms with Crippen LogP contribution >= 0.6 is 11.6 Å². The van der Waals surface area contributed by atoms with E-state index in [0.29, 0.717) is 34.2 Å².